The van der Waals surface area contributed by atoms with E-state index in [1.54, 1.807) is 47.2 Å². The fourth-order valence-electron chi connectivity index (χ4n) is 2.97. The maximum atomic E-state index is 12.8. The molecule has 0 radical (unpaired) electrons. The quantitative estimate of drug-likeness (QED) is 0.260. The van der Waals surface area contributed by atoms with E-state index >= 15 is 0 Å². The number of hydrogen-bond acceptors (Lipinski definition) is 8. The topological polar surface area (TPSA) is 119 Å². The van der Waals surface area contributed by atoms with Crippen molar-refractivity contribution in [1.82, 2.24) is 0 Å². The van der Waals surface area contributed by atoms with Gasteiger partial charge in [-0.3, -0.25) is 9.44 Å². The second-order valence-electron chi connectivity index (χ2n) is 7.08. The van der Waals surface area contributed by atoms with Crippen LogP contribution in [0, 0.1) is 0 Å². The zero-order chi connectivity index (χ0) is 25.1. The Morgan fingerprint density at radius 1 is 0.800 bits per heavy atom. The van der Waals surface area contributed by atoms with Crippen molar-refractivity contribution in [3.63, 3.8) is 0 Å². The zero-order valence-corrected chi connectivity index (χ0v) is 21.7. The fourth-order valence-corrected chi connectivity index (χ4v) is 7.25. The van der Waals surface area contributed by atoms with Gasteiger partial charge in [-0.05, 0) is 58.8 Å². The van der Waals surface area contributed by atoms with Crippen molar-refractivity contribution in [1.29, 1.82) is 0 Å². The third-order valence-corrected chi connectivity index (χ3v) is 10.2. The van der Waals surface area contributed by atoms with Gasteiger partial charge in [0.05, 0.1) is 16.9 Å². The number of hydrogen-bond donors (Lipinski definition) is 2. The molecule has 2 N–H and O–H groups in total. The molecule has 0 saturated carbocycles. The normalized spacial score (nSPS) is 11.7. The molecule has 2 aromatic heterocycles. The highest BCUT2D eigenvalue weighted by molar-refractivity contribution is 7.95. The minimum absolute atomic E-state index is 0.0144. The van der Waals surface area contributed by atoms with E-state index in [0.29, 0.717) is 10.6 Å². The lowest BCUT2D eigenvalue weighted by atomic mass is 10.2. The first-order chi connectivity index (χ1) is 16.6. The Morgan fingerprint density at radius 3 is 1.86 bits per heavy atom. The van der Waals surface area contributed by atoms with Crippen molar-refractivity contribution in [2.24, 2.45) is 0 Å². The van der Waals surface area contributed by atoms with Gasteiger partial charge < -0.3 is 4.74 Å². The molecule has 0 bridgehead atoms. The van der Waals surface area contributed by atoms with Gasteiger partial charge in [0.15, 0.2) is 0 Å². The number of rotatable bonds is 9. The van der Waals surface area contributed by atoms with Crippen LogP contribution < -0.4 is 9.44 Å². The van der Waals surface area contributed by atoms with Crippen LogP contribution in [0.3, 0.4) is 0 Å². The lowest BCUT2D eigenvalue weighted by Gasteiger charge is -2.13. The first-order valence-corrected chi connectivity index (χ1v) is 14.9. The Bertz CT molecular complexity index is 1470. The minimum Gasteiger partial charge on any atom is -0.457 e. The smallest absolute Gasteiger partial charge is 0.338 e. The summed E-state index contributed by atoms with van der Waals surface area (Å²) in [7, 11) is -7.90. The number of esters is 1. The van der Waals surface area contributed by atoms with Crippen molar-refractivity contribution in [3.05, 3.63) is 93.6 Å². The van der Waals surface area contributed by atoms with Gasteiger partial charge in [0, 0.05) is 5.02 Å². The Balaban J connectivity index is 1.64. The summed E-state index contributed by atoms with van der Waals surface area (Å²) in [5.74, 6) is -0.779. The van der Waals surface area contributed by atoms with Gasteiger partial charge >= 0.3 is 5.97 Å². The molecule has 8 nitrogen and oxygen atoms in total. The number of carbonyl (C=O) groups is 1. The molecule has 0 fully saturated rings. The first kappa shape index (κ1) is 25.2. The average Bonchev–Trinajstić information content (AvgIpc) is 3.52. The van der Waals surface area contributed by atoms with Gasteiger partial charge in [0.1, 0.15) is 15.0 Å². The van der Waals surface area contributed by atoms with Gasteiger partial charge in [-0.15, -0.1) is 22.7 Å². The second kappa shape index (κ2) is 10.4. The van der Waals surface area contributed by atoms with Crippen molar-refractivity contribution in [3.8, 4) is 0 Å². The fraction of sp³-hybridized carbons (Fsp3) is 0.0455. The van der Waals surface area contributed by atoms with Gasteiger partial charge in [-0.25, -0.2) is 21.6 Å². The summed E-state index contributed by atoms with van der Waals surface area (Å²) in [5, 5.41) is 3.70. The summed E-state index contributed by atoms with van der Waals surface area (Å²) in [6.07, 6.45) is 0. The molecule has 0 atom stereocenters. The molecule has 4 aromatic rings. The van der Waals surface area contributed by atoms with Crippen LogP contribution in [-0.4, -0.2) is 22.8 Å². The number of thiophene rings is 2. The Hall–Kier alpha value is -2.90. The molecule has 0 amide bonds. The number of benzene rings is 2. The average molecular weight is 569 g/mol. The van der Waals surface area contributed by atoms with Crippen molar-refractivity contribution >= 4 is 71.7 Å². The molecule has 2 aromatic carbocycles. The molecular formula is C22H17ClN2O6S4. The SMILES string of the molecule is O=C(OCc1cccc(Cl)c1)c1cc(NS(=O)(=O)c2cccs2)cc(NS(=O)(=O)c2cccs2)c1. The zero-order valence-electron chi connectivity index (χ0n) is 17.7. The molecule has 0 saturated heterocycles. The summed E-state index contributed by atoms with van der Waals surface area (Å²) in [6.45, 7) is -0.0825. The molecule has 0 unspecified atom stereocenters. The van der Waals surface area contributed by atoms with Crippen molar-refractivity contribution in [2.45, 2.75) is 15.0 Å². The van der Waals surface area contributed by atoms with E-state index in [2.05, 4.69) is 9.44 Å². The van der Waals surface area contributed by atoms with Gasteiger partial charge in [-0.1, -0.05) is 35.9 Å². The molecule has 4 rings (SSSR count). The predicted molar refractivity (Wildman–Crippen MR) is 137 cm³/mol. The molecule has 13 heteroatoms. The number of nitrogens with one attached hydrogen (secondary N) is 2. The van der Waals surface area contributed by atoms with Crippen LogP contribution in [-0.2, 0) is 31.4 Å². The van der Waals surface area contributed by atoms with Crippen LogP contribution >= 0.6 is 34.3 Å². The van der Waals surface area contributed by atoms with Gasteiger partial charge in [0.2, 0.25) is 0 Å². The highest BCUT2D eigenvalue weighted by Crippen LogP contribution is 2.27. The van der Waals surface area contributed by atoms with Crippen LogP contribution in [0.1, 0.15) is 15.9 Å². The molecule has 2 heterocycles. The number of sulfonamides is 2. The third kappa shape index (κ3) is 6.41. The van der Waals surface area contributed by atoms with E-state index in [0.717, 1.165) is 22.7 Å². The maximum Gasteiger partial charge on any atom is 0.338 e. The third-order valence-electron chi connectivity index (χ3n) is 4.45. The van der Waals surface area contributed by atoms with E-state index in [1.807, 2.05) is 0 Å². The minimum atomic E-state index is -3.95. The molecule has 35 heavy (non-hydrogen) atoms. The van der Waals surface area contributed by atoms with E-state index in [1.165, 1.54) is 30.3 Å². The summed E-state index contributed by atoms with van der Waals surface area (Å²) in [6, 6.07) is 16.6. The number of anilines is 2. The molecule has 182 valence electrons. The molecule has 0 aliphatic carbocycles. The Labute approximate surface area is 215 Å². The molecule has 0 aliphatic rings. The monoisotopic (exact) mass is 568 g/mol. The number of ether oxygens (including phenoxy) is 1. The van der Waals surface area contributed by atoms with Gasteiger partial charge in [0.25, 0.3) is 20.0 Å². The van der Waals surface area contributed by atoms with E-state index in [9.17, 15) is 21.6 Å². The van der Waals surface area contributed by atoms with Crippen LogP contribution in [0.15, 0.2) is 85.9 Å². The molecular weight excluding hydrogens is 552 g/mol. The van der Waals surface area contributed by atoms with Crippen LogP contribution in [0.25, 0.3) is 0 Å². The summed E-state index contributed by atoms with van der Waals surface area (Å²) >= 11 is 7.99. The highest BCUT2D eigenvalue weighted by atomic mass is 35.5. The lowest BCUT2D eigenvalue weighted by Crippen LogP contribution is -2.15. The van der Waals surface area contributed by atoms with E-state index < -0.39 is 26.0 Å². The predicted octanol–water partition coefficient (Wildman–Crippen LogP) is 5.42. The molecule has 0 spiro atoms. The Morgan fingerprint density at radius 2 is 1.37 bits per heavy atom. The highest BCUT2D eigenvalue weighted by Gasteiger charge is 2.20. The Kier molecular flexibility index (Phi) is 7.47. The van der Waals surface area contributed by atoms with E-state index in [4.69, 9.17) is 16.3 Å². The number of carbonyl (C=O) groups excluding carboxylic acids is 1. The standard InChI is InChI=1S/C22H17ClN2O6S4/c23-17-5-1-4-15(10-17)14-31-22(26)16-11-18(24-34(27,28)20-6-2-8-32-20)13-19(12-16)25-35(29,30)21-7-3-9-33-21/h1-13,24-25H,14H2. The summed E-state index contributed by atoms with van der Waals surface area (Å²) < 4.78 is 61.0. The van der Waals surface area contributed by atoms with Gasteiger partial charge in [-0.2, -0.15) is 0 Å². The first-order valence-electron chi connectivity index (χ1n) is 9.82. The largest absolute Gasteiger partial charge is 0.457 e. The molecule has 0 aliphatic heterocycles. The van der Waals surface area contributed by atoms with E-state index in [-0.39, 0.29) is 32.0 Å². The van der Waals surface area contributed by atoms with Crippen LogP contribution in [0.4, 0.5) is 11.4 Å². The lowest BCUT2D eigenvalue weighted by molar-refractivity contribution is 0.0473. The second-order valence-corrected chi connectivity index (χ2v) is 13.2. The summed E-state index contributed by atoms with van der Waals surface area (Å²) in [4.78, 5) is 12.8. The maximum absolute atomic E-state index is 12.8. The van der Waals surface area contributed by atoms with Crippen LogP contribution in [0.2, 0.25) is 5.02 Å². The number of halogens is 1. The van der Waals surface area contributed by atoms with Crippen LogP contribution in [0.5, 0.6) is 0 Å². The van der Waals surface area contributed by atoms with Crippen molar-refractivity contribution < 1.29 is 26.4 Å². The van der Waals surface area contributed by atoms with Crippen molar-refractivity contribution in [2.75, 3.05) is 9.44 Å². The summed E-state index contributed by atoms with van der Waals surface area (Å²) in [5.41, 5.74) is 0.570.